The first-order valence-electron chi connectivity index (χ1n) is 7.07. The number of carbonyl (C=O) groups is 1. The second-order valence-electron chi connectivity index (χ2n) is 5.15. The average Bonchev–Trinajstić information content (AvgIpc) is 2.97. The van der Waals surface area contributed by atoms with Crippen molar-refractivity contribution in [3.05, 3.63) is 35.4 Å². The minimum absolute atomic E-state index is 0.0685. The van der Waals surface area contributed by atoms with Crippen LogP contribution in [-0.2, 0) is 16.1 Å². The molecule has 1 aromatic carbocycles. The fourth-order valence-electron chi connectivity index (χ4n) is 2.15. The zero-order valence-electron chi connectivity index (χ0n) is 12.0. The molecule has 1 saturated heterocycles. The molecule has 1 amide bonds. The third-order valence-electron chi connectivity index (χ3n) is 3.26. The van der Waals surface area contributed by atoms with Gasteiger partial charge >= 0.3 is 6.18 Å². The summed E-state index contributed by atoms with van der Waals surface area (Å²) in [7, 11) is 0. The molecule has 1 aromatic rings. The van der Waals surface area contributed by atoms with E-state index in [0.717, 1.165) is 19.4 Å². The predicted octanol–water partition coefficient (Wildman–Crippen LogP) is 2.67. The van der Waals surface area contributed by atoms with E-state index >= 15 is 0 Å². The van der Waals surface area contributed by atoms with Crippen molar-refractivity contribution in [1.29, 1.82) is 0 Å². The van der Waals surface area contributed by atoms with Crippen LogP contribution in [0.1, 0.15) is 28.8 Å². The molecule has 0 saturated carbocycles. The van der Waals surface area contributed by atoms with Gasteiger partial charge in [0.05, 0.1) is 12.7 Å². The molecule has 22 heavy (non-hydrogen) atoms. The predicted molar refractivity (Wildman–Crippen MR) is 73.5 cm³/mol. The SMILES string of the molecule is O=C(NCC1CCCO1)c1ccc(COCC(F)(F)F)cc1. The molecule has 1 unspecified atom stereocenters. The zero-order chi connectivity index (χ0) is 16.0. The summed E-state index contributed by atoms with van der Waals surface area (Å²) in [6, 6.07) is 6.29. The first-order valence-corrected chi connectivity index (χ1v) is 7.07. The molecule has 1 N–H and O–H groups in total. The number of benzene rings is 1. The monoisotopic (exact) mass is 317 g/mol. The topological polar surface area (TPSA) is 47.6 Å². The summed E-state index contributed by atoms with van der Waals surface area (Å²) in [5.41, 5.74) is 1.04. The van der Waals surface area contributed by atoms with E-state index in [4.69, 9.17) is 4.74 Å². The number of carbonyl (C=O) groups excluding carboxylic acids is 1. The van der Waals surface area contributed by atoms with E-state index in [1.807, 2.05) is 0 Å². The molecular formula is C15H18F3NO3. The molecule has 0 aromatic heterocycles. The van der Waals surface area contributed by atoms with Gasteiger partial charge in [-0.1, -0.05) is 12.1 Å². The fourth-order valence-corrected chi connectivity index (χ4v) is 2.15. The van der Waals surface area contributed by atoms with Gasteiger partial charge in [-0.25, -0.2) is 0 Å². The highest BCUT2D eigenvalue weighted by molar-refractivity contribution is 5.94. The smallest absolute Gasteiger partial charge is 0.376 e. The molecule has 0 spiro atoms. The zero-order valence-corrected chi connectivity index (χ0v) is 12.0. The molecule has 1 atom stereocenters. The van der Waals surface area contributed by atoms with E-state index in [1.54, 1.807) is 24.3 Å². The van der Waals surface area contributed by atoms with E-state index in [0.29, 0.717) is 17.7 Å². The summed E-state index contributed by atoms with van der Waals surface area (Å²) < 4.78 is 45.8. The van der Waals surface area contributed by atoms with Gasteiger partial charge < -0.3 is 14.8 Å². The van der Waals surface area contributed by atoms with Crippen LogP contribution in [0.4, 0.5) is 13.2 Å². The first-order chi connectivity index (χ1) is 10.4. The molecular weight excluding hydrogens is 299 g/mol. The number of halogens is 3. The molecule has 0 radical (unpaired) electrons. The Labute approximate surface area is 126 Å². The standard InChI is InChI=1S/C15H18F3NO3/c16-15(17,18)10-21-9-11-3-5-12(6-4-11)14(20)19-8-13-2-1-7-22-13/h3-6,13H,1-2,7-10H2,(H,19,20). The van der Waals surface area contributed by atoms with Crippen molar-refractivity contribution in [2.45, 2.75) is 31.7 Å². The van der Waals surface area contributed by atoms with Crippen molar-refractivity contribution in [2.75, 3.05) is 19.8 Å². The highest BCUT2D eigenvalue weighted by atomic mass is 19.4. The molecule has 1 aliphatic heterocycles. The highest BCUT2D eigenvalue weighted by Gasteiger charge is 2.27. The maximum Gasteiger partial charge on any atom is 0.411 e. The van der Waals surface area contributed by atoms with Gasteiger partial charge in [0, 0.05) is 18.7 Å². The summed E-state index contributed by atoms with van der Waals surface area (Å²) in [6.45, 7) is -0.226. The van der Waals surface area contributed by atoms with Gasteiger partial charge in [-0.05, 0) is 30.5 Å². The van der Waals surface area contributed by atoms with Crippen LogP contribution in [0.15, 0.2) is 24.3 Å². The minimum Gasteiger partial charge on any atom is -0.376 e. The van der Waals surface area contributed by atoms with E-state index in [-0.39, 0.29) is 18.6 Å². The summed E-state index contributed by atoms with van der Waals surface area (Å²) in [5, 5.41) is 2.78. The molecule has 1 aliphatic rings. The Morgan fingerprint density at radius 1 is 1.32 bits per heavy atom. The minimum atomic E-state index is -4.33. The Hall–Kier alpha value is -1.60. The number of alkyl halides is 3. The van der Waals surface area contributed by atoms with Gasteiger partial charge in [-0.3, -0.25) is 4.79 Å². The van der Waals surface area contributed by atoms with Gasteiger partial charge in [0.15, 0.2) is 0 Å². The lowest BCUT2D eigenvalue weighted by atomic mass is 10.1. The maximum atomic E-state index is 12.0. The number of nitrogens with one attached hydrogen (secondary N) is 1. The van der Waals surface area contributed by atoms with Gasteiger partial charge in [-0.15, -0.1) is 0 Å². The van der Waals surface area contributed by atoms with Crippen molar-refractivity contribution in [2.24, 2.45) is 0 Å². The Kier molecular flexibility index (Phi) is 5.79. The fraction of sp³-hybridized carbons (Fsp3) is 0.533. The third-order valence-corrected chi connectivity index (χ3v) is 3.26. The third kappa shape index (κ3) is 5.65. The van der Waals surface area contributed by atoms with Crippen molar-refractivity contribution in [3.63, 3.8) is 0 Å². The summed E-state index contributed by atoms with van der Waals surface area (Å²) in [6.07, 6.45) is -2.32. The number of amides is 1. The van der Waals surface area contributed by atoms with Gasteiger partial charge in [0.1, 0.15) is 6.61 Å². The summed E-state index contributed by atoms with van der Waals surface area (Å²) >= 11 is 0. The van der Waals surface area contributed by atoms with Crippen LogP contribution in [0.2, 0.25) is 0 Å². The van der Waals surface area contributed by atoms with Crippen LogP contribution in [0, 0.1) is 0 Å². The number of hydrogen-bond acceptors (Lipinski definition) is 3. The van der Waals surface area contributed by atoms with Crippen LogP contribution < -0.4 is 5.32 Å². The largest absolute Gasteiger partial charge is 0.411 e. The molecule has 2 rings (SSSR count). The molecule has 7 heteroatoms. The Morgan fingerprint density at radius 3 is 2.64 bits per heavy atom. The number of rotatable bonds is 6. The van der Waals surface area contributed by atoms with Crippen molar-refractivity contribution in [1.82, 2.24) is 5.32 Å². The number of hydrogen-bond donors (Lipinski definition) is 1. The van der Waals surface area contributed by atoms with Crippen LogP contribution >= 0.6 is 0 Å². The molecule has 122 valence electrons. The van der Waals surface area contributed by atoms with Gasteiger partial charge in [0.25, 0.3) is 5.91 Å². The average molecular weight is 317 g/mol. The second-order valence-corrected chi connectivity index (χ2v) is 5.15. The van der Waals surface area contributed by atoms with Crippen molar-refractivity contribution >= 4 is 5.91 Å². The first kappa shape index (κ1) is 16.8. The summed E-state index contributed by atoms with van der Waals surface area (Å²) in [4.78, 5) is 11.9. The van der Waals surface area contributed by atoms with E-state index in [2.05, 4.69) is 10.1 Å². The van der Waals surface area contributed by atoms with Crippen molar-refractivity contribution in [3.8, 4) is 0 Å². The van der Waals surface area contributed by atoms with E-state index in [9.17, 15) is 18.0 Å². The quantitative estimate of drug-likeness (QED) is 0.877. The van der Waals surface area contributed by atoms with Crippen LogP contribution in [0.25, 0.3) is 0 Å². The maximum absolute atomic E-state index is 12.0. The molecule has 1 heterocycles. The molecule has 4 nitrogen and oxygen atoms in total. The Bertz CT molecular complexity index is 482. The lowest BCUT2D eigenvalue weighted by molar-refractivity contribution is -0.176. The molecule has 0 bridgehead atoms. The molecule has 0 aliphatic carbocycles. The number of ether oxygens (including phenoxy) is 2. The van der Waals surface area contributed by atoms with E-state index in [1.165, 1.54) is 0 Å². The summed E-state index contributed by atoms with van der Waals surface area (Å²) in [5.74, 6) is -0.224. The van der Waals surface area contributed by atoms with Gasteiger partial charge in [0.2, 0.25) is 0 Å². The Balaban J connectivity index is 1.76. The lowest BCUT2D eigenvalue weighted by Crippen LogP contribution is -2.31. The molecule has 1 fully saturated rings. The Morgan fingerprint density at radius 2 is 2.05 bits per heavy atom. The van der Waals surface area contributed by atoms with Gasteiger partial charge in [-0.2, -0.15) is 13.2 Å². The second kappa shape index (κ2) is 7.60. The van der Waals surface area contributed by atoms with Crippen LogP contribution in [0.3, 0.4) is 0 Å². The highest BCUT2D eigenvalue weighted by Crippen LogP contribution is 2.16. The normalized spacial score (nSPS) is 18.4. The van der Waals surface area contributed by atoms with E-state index < -0.39 is 12.8 Å². The van der Waals surface area contributed by atoms with Crippen LogP contribution in [-0.4, -0.2) is 37.9 Å². The van der Waals surface area contributed by atoms with Crippen LogP contribution in [0.5, 0.6) is 0 Å². The lowest BCUT2D eigenvalue weighted by Gasteiger charge is -2.11. The van der Waals surface area contributed by atoms with Crippen molar-refractivity contribution < 1.29 is 27.4 Å².